The lowest BCUT2D eigenvalue weighted by molar-refractivity contribution is -0.137. The van der Waals surface area contributed by atoms with E-state index in [4.69, 9.17) is 5.73 Å². The van der Waals surface area contributed by atoms with Gasteiger partial charge in [-0.05, 0) is 37.3 Å². The third kappa shape index (κ3) is 5.41. The summed E-state index contributed by atoms with van der Waals surface area (Å²) in [5.74, 6) is 0.859. The van der Waals surface area contributed by atoms with Gasteiger partial charge in [0.25, 0.3) is 0 Å². The van der Waals surface area contributed by atoms with E-state index in [1.807, 2.05) is 0 Å². The van der Waals surface area contributed by atoms with Crippen molar-refractivity contribution in [3.63, 3.8) is 0 Å². The Hall–Kier alpha value is -0.750. The number of hydrogen-bond donors (Lipinski definition) is 1. The Morgan fingerprint density at radius 1 is 1.18 bits per heavy atom. The summed E-state index contributed by atoms with van der Waals surface area (Å²) in [6.45, 7) is 0.684. The molecule has 0 saturated carbocycles. The predicted molar refractivity (Wildman–Crippen MR) is 62.9 cm³/mol. The normalized spacial score (nSPS) is 11.8. The second-order valence-corrected chi connectivity index (χ2v) is 4.70. The van der Waals surface area contributed by atoms with E-state index in [1.165, 1.54) is 17.8 Å². The van der Waals surface area contributed by atoms with Crippen LogP contribution in [0.15, 0.2) is 23.4 Å². The van der Waals surface area contributed by atoms with Crippen molar-refractivity contribution in [3.05, 3.63) is 23.9 Å². The second kappa shape index (κ2) is 6.86. The fourth-order valence-corrected chi connectivity index (χ4v) is 2.08. The van der Waals surface area contributed by atoms with Crippen molar-refractivity contribution >= 4 is 11.8 Å². The highest BCUT2D eigenvalue weighted by Crippen LogP contribution is 2.29. The van der Waals surface area contributed by atoms with Crippen LogP contribution in [-0.2, 0) is 6.18 Å². The molecular weight excluding hydrogens is 249 g/mol. The number of rotatable bonds is 6. The smallest absolute Gasteiger partial charge is 0.330 e. The molecule has 0 bridgehead atoms. The summed E-state index contributed by atoms with van der Waals surface area (Å²) >= 11 is 1.47. The molecule has 0 aliphatic heterocycles. The molecule has 0 amide bonds. The fourth-order valence-electron chi connectivity index (χ4n) is 1.23. The molecule has 1 aromatic heterocycles. The molecule has 1 heterocycles. The Labute approximate surface area is 103 Å². The molecule has 0 aliphatic rings. The van der Waals surface area contributed by atoms with E-state index < -0.39 is 11.7 Å². The van der Waals surface area contributed by atoms with Gasteiger partial charge in [0.2, 0.25) is 0 Å². The number of thioether (sulfide) groups is 1. The Morgan fingerprint density at radius 3 is 2.47 bits per heavy atom. The van der Waals surface area contributed by atoms with E-state index in [2.05, 4.69) is 4.98 Å². The van der Waals surface area contributed by atoms with E-state index in [0.717, 1.165) is 37.3 Å². The van der Waals surface area contributed by atoms with Gasteiger partial charge in [-0.1, -0.05) is 6.42 Å². The van der Waals surface area contributed by atoms with Crippen LogP contribution in [0.3, 0.4) is 0 Å². The zero-order chi connectivity index (χ0) is 12.7. The van der Waals surface area contributed by atoms with Gasteiger partial charge in [0, 0.05) is 6.20 Å². The largest absolute Gasteiger partial charge is 0.417 e. The second-order valence-electron chi connectivity index (χ2n) is 3.58. The van der Waals surface area contributed by atoms with Crippen molar-refractivity contribution < 1.29 is 13.2 Å². The van der Waals surface area contributed by atoms with Crippen LogP contribution in [0.4, 0.5) is 13.2 Å². The molecule has 0 aliphatic carbocycles. The molecule has 0 unspecified atom stereocenters. The van der Waals surface area contributed by atoms with Crippen molar-refractivity contribution in [1.29, 1.82) is 0 Å². The Bertz CT molecular complexity index is 324. The number of nitrogens with zero attached hydrogens (tertiary/aromatic N) is 1. The summed E-state index contributed by atoms with van der Waals surface area (Å²) in [6.07, 6.45) is -0.394. The number of hydrogen-bond acceptors (Lipinski definition) is 3. The van der Waals surface area contributed by atoms with E-state index in [9.17, 15) is 13.2 Å². The zero-order valence-corrected chi connectivity index (χ0v) is 10.2. The highest BCUT2D eigenvalue weighted by atomic mass is 32.2. The molecule has 1 rings (SSSR count). The molecule has 6 heteroatoms. The van der Waals surface area contributed by atoms with Gasteiger partial charge < -0.3 is 5.73 Å². The maximum atomic E-state index is 12.3. The van der Waals surface area contributed by atoms with E-state index >= 15 is 0 Å². The Kier molecular flexibility index (Phi) is 5.77. The molecule has 0 fully saturated rings. The van der Waals surface area contributed by atoms with Gasteiger partial charge in [0.15, 0.2) is 0 Å². The SMILES string of the molecule is NCCCCCSc1ccc(C(F)(F)F)cn1. The lowest BCUT2D eigenvalue weighted by atomic mass is 10.2. The van der Waals surface area contributed by atoms with Crippen molar-refractivity contribution in [3.8, 4) is 0 Å². The van der Waals surface area contributed by atoms with Gasteiger partial charge in [0.05, 0.1) is 10.6 Å². The molecule has 2 nitrogen and oxygen atoms in total. The van der Waals surface area contributed by atoms with Crippen LogP contribution in [-0.4, -0.2) is 17.3 Å². The van der Waals surface area contributed by atoms with Crippen molar-refractivity contribution in [2.24, 2.45) is 5.73 Å². The molecule has 0 atom stereocenters. The first-order valence-corrected chi connectivity index (χ1v) is 6.38. The minimum absolute atomic E-state index is 0.630. The molecule has 0 radical (unpaired) electrons. The van der Waals surface area contributed by atoms with Crippen molar-refractivity contribution in [2.75, 3.05) is 12.3 Å². The number of aromatic nitrogens is 1. The summed E-state index contributed by atoms with van der Waals surface area (Å²) in [5, 5.41) is 0.630. The van der Waals surface area contributed by atoms with Crippen LogP contribution in [0.1, 0.15) is 24.8 Å². The van der Waals surface area contributed by atoms with Crippen molar-refractivity contribution in [1.82, 2.24) is 4.98 Å². The minimum atomic E-state index is -4.31. The summed E-state index contributed by atoms with van der Waals surface area (Å²) in [4.78, 5) is 3.78. The lowest BCUT2D eigenvalue weighted by Crippen LogP contribution is -2.05. The highest BCUT2D eigenvalue weighted by molar-refractivity contribution is 7.99. The summed E-state index contributed by atoms with van der Waals surface area (Å²) in [6, 6.07) is 2.48. The number of unbranched alkanes of at least 4 members (excludes halogenated alkanes) is 2. The molecule has 0 aromatic carbocycles. The third-order valence-electron chi connectivity index (χ3n) is 2.16. The maximum absolute atomic E-state index is 12.3. The first-order chi connectivity index (χ1) is 8.04. The number of pyridine rings is 1. The van der Waals surface area contributed by atoms with Crippen LogP contribution >= 0.6 is 11.8 Å². The zero-order valence-electron chi connectivity index (χ0n) is 9.33. The number of alkyl halides is 3. The van der Waals surface area contributed by atoms with Crippen LogP contribution in [0.5, 0.6) is 0 Å². The van der Waals surface area contributed by atoms with Gasteiger partial charge in [-0.2, -0.15) is 13.2 Å². The van der Waals surface area contributed by atoms with Crippen LogP contribution in [0.2, 0.25) is 0 Å². The van der Waals surface area contributed by atoms with Gasteiger partial charge in [-0.15, -0.1) is 11.8 Å². The molecule has 1 aromatic rings. The monoisotopic (exact) mass is 264 g/mol. The molecule has 0 spiro atoms. The van der Waals surface area contributed by atoms with Gasteiger partial charge >= 0.3 is 6.18 Å². The van der Waals surface area contributed by atoms with E-state index in [1.54, 1.807) is 0 Å². The summed E-state index contributed by atoms with van der Waals surface area (Å²) in [7, 11) is 0. The molecular formula is C11H15F3N2S. The standard InChI is InChI=1S/C11H15F3N2S/c12-11(13,14)9-4-5-10(16-8-9)17-7-3-1-2-6-15/h4-5,8H,1-3,6-7,15H2. The van der Waals surface area contributed by atoms with E-state index in [0.29, 0.717) is 11.6 Å². The van der Waals surface area contributed by atoms with Crippen LogP contribution in [0, 0.1) is 0 Å². The molecule has 0 saturated heterocycles. The molecule has 2 N–H and O–H groups in total. The summed E-state index contributed by atoms with van der Waals surface area (Å²) < 4.78 is 36.8. The molecule has 96 valence electrons. The average molecular weight is 264 g/mol. The van der Waals surface area contributed by atoms with Gasteiger partial charge in [-0.3, -0.25) is 0 Å². The first-order valence-electron chi connectivity index (χ1n) is 5.40. The average Bonchev–Trinajstić information content (AvgIpc) is 2.28. The van der Waals surface area contributed by atoms with E-state index in [-0.39, 0.29) is 0 Å². The topological polar surface area (TPSA) is 38.9 Å². The highest BCUT2D eigenvalue weighted by Gasteiger charge is 2.30. The van der Waals surface area contributed by atoms with Gasteiger partial charge in [0.1, 0.15) is 0 Å². The third-order valence-corrected chi connectivity index (χ3v) is 3.19. The first kappa shape index (κ1) is 14.3. The minimum Gasteiger partial charge on any atom is -0.330 e. The fraction of sp³-hybridized carbons (Fsp3) is 0.545. The van der Waals surface area contributed by atoms with Crippen LogP contribution < -0.4 is 5.73 Å². The molecule has 17 heavy (non-hydrogen) atoms. The predicted octanol–water partition coefficient (Wildman–Crippen LogP) is 3.32. The quantitative estimate of drug-likeness (QED) is 0.632. The Balaban J connectivity index is 2.36. The Morgan fingerprint density at radius 2 is 1.94 bits per heavy atom. The summed E-state index contributed by atoms with van der Waals surface area (Å²) in [5.41, 5.74) is 4.65. The number of halogens is 3. The van der Waals surface area contributed by atoms with Crippen LogP contribution in [0.25, 0.3) is 0 Å². The van der Waals surface area contributed by atoms with Gasteiger partial charge in [-0.25, -0.2) is 4.98 Å². The lowest BCUT2D eigenvalue weighted by Gasteiger charge is -2.06. The van der Waals surface area contributed by atoms with Crippen molar-refractivity contribution in [2.45, 2.75) is 30.5 Å². The maximum Gasteiger partial charge on any atom is 0.417 e. The number of nitrogens with two attached hydrogens (primary N) is 1.